The van der Waals surface area contributed by atoms with Crippen molar-refractivity contribution in [3.63, 3.8) is 0 Å². The second-order valence-corrected chi connectivity index (χ2v) is 10.7. The molecule has 2 aromatic rings. The van der Waals surface area contributed by atoms with Gasteiger partial charge in [-0.2, -0.15) is 4.31 Å². The molecule has 1 aromatic carbocycles. The molecule has 1 saturated heterocycles. The highest BCUT2D eigenvalue weighted by Gasteiger charge is 2.29. The number of carbonyl (C=O) groups excluding carboxylic acids is 1. The number of amides is 1. The molecule has 8 heteroatoms. The Morgan fingerprint density at radius 2 is 1.97 bits per heavy atom. The van der Waals surface area contributed by atoms with E-state index in [2.05, 4.69) is 4.90 Å². The van der Waals surface area contributed by atoms with Gasteiger partial charge in [0.05, 0.1) is 4.90 Å². The van der Waals surface area contributed by atoms with Gasteiger partial charge in [0, 0.05) is 43.7 Å². The largest absolute Gasteiger partial charge is 0.340 e. The zero-order chi connectivity index (χ0) is 20.4. The van der Waals surface area contributed by atoms with Gasteiger partial charge in [0.25, 0.3) is 5.91 Å². The molecule has 156 valence electrons. The molecule has 0 radical (unpaired) electrons. The summed E-state index contributed by atoms with van der Waals surface area (Å²) in [4.78, 5) is 18.3. The van der Waals surface area contributed by atoms with E-state index in [9.17, 15) is 13.2 Å². The number of hydrogen-bond donors (Lipinski definition) is 0. The molecular weight excluding hydrogens is 406 g/mol. The Morgan fingerprint density at radius 3 is 2.76 bits per heavy atom. The molecule has 0 N–H and O–H groups in total. The van der Waals surface area contributed by atoms with Gasteiger partial charge < -0.3 is 9.80 Å². The number of rotatable bonds is 6. The number of hydrogen-bond acceptors (Lipinski definition) is 5. The van der Waals surface area contributed by atoms with Gasteiger partial charge in [-0.1, -0.05) is 6.07 Å². The number of sulfonamides is 1. The molecule has 0 saturated carbocycles. The third-order valence-corrected chi connectivity index (χ3v) is 8.65. The quantitative estimate of drug-likeness (QED) is 0.703. The lowest BCUT2D eigenvalue weighted by Crippen LogP contribution is -2.36. The highest BCUT2D eigenvalue weighted by molar-refractivity contribution is 7.89. The summed E-state index contributed by atoms with van der Waals surface area (Å²) in [7, 11) is -1.85. The van der Waals surface area contributed by atoms with Crippen molar-refractivity contribution in [3.8, 4) is 0 Å². The molecule has 0 atom stereocenters. The van der Waals surface area contributed by atoms with E-state index in [1.807, 2.05) is 11.4 Å². The van der Waals surface area contributed by atoms with Crippen molar-refractivity contribution in [1.82, 2.24) is 14.1 Å². The number of benzene rings is 1. The van der Waals surface area contributed by atoms with Crippen LogP contribution < -0.4 is 0 Å². The molecule has 0 aliphatic carbocycles. The van der Waals surface area contributed by atoms with Crippen LogP contribution in [0.1, 0.15) is 33.6 Å². The van der Waals surface area contributed by atoms with Gasteiger partial charge in [0.15, 0.2) is 0 Å². The van der Waals surface area contributed by atoms with E-state index in [0.717, 1.165) is 31.6 Å². The van der Waals surface area contributed by atoms with Gasteiger partial charge in [-0.25, -0.2) is 8.42 Å². The van der Waals surface area contributed by atoms with Crippen LogP contribution in [-0.2, 0) is 23.0 Å². The van der Waals surface area contributed by atoms with Crippen LogP contribution in [0.4, 0.5) is 0 Å². The standard InChI is InChI=1S/C21H27N3O3S2/c1-22(12-13-23-9-2-3-10-23)21(25)17-5-4-6-19(15-17)29(26,27)24-11-7-20-18(16-24)8-14-28-20/h4-6,8,14-15H,2-3,7,9-13,16H2,1H3. The lowest BCUT2D eigenvalue weighted by atomic mass is 10.1. The second kappa shape index (κ2) is 8.55. The highest BCUT2D eigenvalue weighted by Crippen LogP contribution is 2.28. The first-order chi connectivity index (χ1) is 13.9. The third-order valence-electron chi connectivity index (χ3n) is 5.79. The summed E-state index contributed by atoms with van der Waals surface area (Å²) in [6, 6.07) is 8.46. The Balaban J connectivity index is 1.46. The summed E-state index contributed by atoms with van der Waals surface area (Å²) >= 11 is 1.68. The second-order valence-electron chi connectivity index (χ2n) is 7.76. The summed E-state index contributed by atoms with van der Waals surface area (Å²) in [5.74, 6) is -0.139. The molecule has 4 rings (SSSR count). The highest BCUT2D eigenvalue weighted by atomic mass is 32.2. The van der Waals surface area contributed by atoms with Crippen LogP contribution in [0.5, 0.6) is 0 Å². The Labute approximate surface area is 176 Å². The molecule has 0 unspecified atom stereocenters. The first kappa shape index (κ1) is 20.5. The number of nitrogens with zero attached hydrogens (tertiary/aromatic N) is 3. The molecule has 6 nitrogen and oxygen atoms in total. The minimum absolute atomic E-state index is 0.139. The van der Waals surface area contributed by atoms with Gasteiger partial charge in [0.2, 0.25) is 10.0 Å². The van der Waals surface area contributed by atoms with E-state index in [1.54, 1.807) is 41.5 Å². The molecule has 0 bridgehead atoms. The van der Waals surface area contributed by atoms with E-state index in [4.69, 9.17) is 0 Å². The molecule has 1 fully saturated rings. The maximum Gasteiger partial charge on any atom is 0.253 e. The molecule has 29 heavy (non-hydrogen) atoms. The Bertz CT molecular complexity index is 981. The van der Waals surface area contributed by atoms with Crippen molar-refractivity contribution in [2.75, 3.05) is 39.8 Å². The zero-order valence-electron chi connectivity index (χ0n) is 16.7. The maximum absolute atomic E-state index is 13.2. The van der Waals surface area contributed by atoms with Gasteiger partial charge in [-0.15, -0.1) is 11.3 Å². The Kier molecular flexibility index (Phi) is 6.06. The van der Waals surface area contributed by atoms with Gasteiger partial charge >= 0.3 is 0 Å². The van der Waals surface area contributed by atoms with Crippen molar-refractivity contribution < 1.29 is 13.2 Å². The monoisotopic (exact) mass is 433 g/mol. The molecule has 1 amide bonds. The molecule has 3 heterocycles. The van der Waals surface area contributed by atoms with Crippen molar-refractivity contribution in [3.05, 3.63) is 51.7 Å². The van der Waals surface area contributed by atoms with Crippen molar-refractivity contribution in [2.24, 2.45) is 0 Å². The normalized spacial score (nSPS) is 18.0. The smallest absolute Gasteiger partial charge is 0.253 e. The van der Waals surface area contributed by atoms with Gasteiger partial charge in [-0.05, 0) is 67.6 Å². The average molecular weight is 434 g/mol. The maximum atomic E-state index is 13.2. The zero-order valence-corrected chi connectivity index (χ0v) is 18.3. The van der Waals surface area contributed by atoms with Crippen molar-refractivity contribution in [1.29, 1.82) is 0 Å². The van der Waals surface area contributed by atoms with Crippen molar-refractivity contribution >= 4 is 27.3 Å². The number of likely N-dealkylation sites (N-methyl/N-ethyl adjacent to an activating group) is 1. The van der Waals surface area contributed by atoms with E-state index >= 15 is 0 Å². The predicted octanol–water partition coefficient (Wildman–Crippen LogP) is 2.66. The fourth-order valence-electron chi connectivity index (χ4n) is 3.99. The van der Waals surface area contributed by atoms with Crippen LogP contribution in [0, 0.1) is 0 Å². The number of thiophene rings is 1. The predicted molar refractivity (Wildman–Crippen MR) is 115 cm³/mol. The van der Waals surface area contributed by atoms with Crippen LogP contribution in [0.25, 0.3) is 0 Å². The number of fused-ring (bicyclic) bond motifs is 1. The van der Waals surface area contributed by atoms with E-state index in [0.29, 0.717) is 25.2 Å². The van der Waals surface area contributed by atoms with E-state index in [-0.39, 0.29) is 10.8 Å². The molecule has 2 aliphatic rings. The van der Waals surface area contributed by atoms with Crippen LogP contribution >= 0.6 is 11.3 Å². The first-order valence-electron chi connectivity index (χ1n) is 10.1. The van der Waals surface area contributed by atoms with Gasteiger partial charge in [0.1, 0.15) is 0 Å². The number of likely N-dealkylation sites (tertiary alicyclic amines) is 1. The topological polar surface area (TPSA) is 60.9 Å². The molecular formula is C21H27N3O3S2. The molecule has 0 spiro atoms. The van der Waals surface area contributed by atoms with E-state index in [1.165, 1.54) is 28.1 Å². The summed E-state index contributed by atoms with van der Waals surface area (Å²) in [5.41, 5.74) is 1.50. The Hall–Kier alpha value is -1.74. The van der Waals surface area contributed by atoms with Crippen molar-refractivity contribution in [2.45, 2.75) is 30.7 Å². The lowest BCUT2D eigenvalue weighted by Gasteiger charge is -2.26. The average Bonchev–Trinajstić information content (AvgIpc) is 3.42. The van der Waals surface area contributed by atoms with E-state index < -0.39 is 10.0 Å². The number of carbonyl (C=O) groups is 1. The lowest BCUT2D eigenvalue weighted by molar-refractivity contribution is 0.0782. The summed E-state index contributed by atoms with van der Waals surface area (Å²) < 4.78 is 27.8. The fraction of sp³-hybridized carbons (Fsp3) is 0.476. The van der Waals surface area contributed by atoms with Crippen LogP contribution in [-0.4, -0.2) is 68.2 Å². The summed E-state index contributed by atoms with van der Waals surface area (Å²) in [5, 5.41) is 2.01. The van der Waals surface area contributed by atoms with Crippen LogP contribution in [0.15, 0.2) is 40.6 Å². The minimum atomic E-state index is -3.63. The third kappa shape index (κ3) is 4.40. The summed E-state index contributed by atoms with van der Waals surface area (Å²) in [6.45, 7) is 4.56. The molecule has 2 aliphatic heterocycles. The van der Waals surface area contributed by atoms with Gasteiger partial charge in [-0.3, -0.25) is 4.79 Å². The first-order valence-corrected chi connectivity index (χ1v) is 12.4. The minimum Gasteiger partial charge on any atom is -0.340 e. The Morgan fingerprint density at radius 1 is 1.17 bits per heavy atom. The SMILES string of the molecule is CN(CCN1CCCC1)C(=O)c1cccc(S(=O)(=O)N2CCc3sccc3C2)c1. The van der Waals surface area contributed by atoms with Crippen LogP contribution in [0.2, 0.25) is 0 Å². The van der Waals surface area contributed by atoms with Crippen LogP contribution in [0.3, 0.4) is 0 Å². The molecule has 1 aromatic heterocycles. The fourth-order valence-corrected chi connectivity index (χ4v) is 6.34. The summed E-state index contributed by atoms with van der Waals surface area (Å²) in [6.07, 6.45) is 3.19.